The molecule has 0 fully saturated rings. The summed E-state index contributed by atoms with van der Waals surface area (Å²) in [6.45, 7) is 1.26. The lowest BCUT2D eigenvalue weighted by molar-refractivity contribution is 0.413. The zero-order chi connectivity index (χ0) is 23.9. The van der Waals surface area contributed by atoms with Gasteiger partial charge in [-0.05, 0) is 54.2 Å². The summed E-state index contributed by atoms with van der Waals surface area (Å²) >= 11 is 5.89. The van der Waals surface area contributed by atoms with Gasteiger partial charge in [0.05, 0.1) is 11.4 Å². The van der Waals surface area contributed by atoms with Gasteiger partial charge < -0.3 is 10.2 Å². The number of thiocarbonyl (C=S) groups is 1. The molecule has 5 rings (SSSR count). The molecular formula is C29H25N5S. The molecule has 0 saturated carbocycles. The number of pyridine rings is 1. The number of para-hydroxylation sites is 2. The summed E-state index contributed by atoms with van der Waals surface area (Å²) in [4.78, 5) is 6.49. The van der Waals surface area contributed by atoms with Crippen LogP contribution >= 0.6 is 12.2 Å². The molecule has 0 spiro atoms. The number of aromatic nitrogens is 3. The van der Waals surface area contributed by atoms with Crippen molar-refractivity contribution in [3.8, 4) is 16.9 Å². The van der Waals surface area contributed by atoms with Crippen LogP contribution < -0.4 is 5.32 Å². The van der Waals surface area contributed by atoms with Gasteiger partial charge in [0.25, 0.3) is 0 Å². The summed E-state index contributed by atoms with van der Waals surface area (Å²) in [7, 11) is 0. The van der Waals surface area contributed by atoms with E-state index in [9.17, 15) is 0 Å². The zero-order valence-electron chi connectivity index (χ0n) is 19.2. The second-order valence-electron chi connectivity index (χ2n) is 8.16. The van der Waals surface area contributed by atoms with E-state index in [4.69, 9.17) is 17.3 Å². The molecule has 0 saturated heterocycles. The summed E-state index contributed by atoms with van der Waals surface area (Å²) in [5.74, 6) is 0. The second kappa shape index (κ2) is 10.8. The van der Waals surface area contributed by atoms with Gasteiger partial charge in [-0.2, -0.15) is 5.10 Å². The standard InChI is InChI=1S/C29H25N5S/c35-29(31-26-14-6-2-7-15-26)33(20-23-11-4-1-5-12-23)21-25-22-34(27-16-8-3-9-17-27)32-28(25)24-13-10-18-30-19-24/h1-19,22H,20-21H2,(H,31,35). The quantitative estimate of drug-likeness (QED) is 0.279. The molecule has 2 aromatic heterocycles. The highest BCUT2D eigenvalue weighted by atomic mass is 32.1. The number of rotatable bonds is 7. The van der Waals surface area contributed by atoms with Gasteiger partial charge >= 0.3 is 0 Å². The van der Waals surface area contributed by atoms with E-state index in [-0.39, 0.29) is 0 Å². The van der Waals surface area contributed by atoms with Crippen molar-refractivity contribution in [1.82, 2.24) is 19.7 Å². The number of hydrogen-bond donors (Lipinski definition) is 1. The van der Waals surface area contributed by atoms with Gasteiger partial charge in [-0.3, -0.25) is 4.98 Å². The maximum atomic E-state index is 5.89. The van der Waals surface area contributed by atoms with Crippen molar-refractivity contribution in [3.63, 3.8) is 0 Å². The van der Waals surface area contributed by atoms with E-state index < -0.39 is 0 Å². The minimum atomic E-state index is 0.588. The number of nitrogens with zero attached hydrogens (tertiary/aromatic N) is 4. The monoisotopic (exact) mass is 475 g/mol. The Hall–Kier alpha value is -4.29. The molecule has 0 aliphatic carbocycles. The van der Waals surface area contributed by atoms with Crippen LogP contribution in [-0.4, -0.2) is 24.8 Å². The van der Waals surface area contributed by atoms with E-state index in [0.29, 0.717) is 18.2 Å². The van der Waals surface area contributed by atoms with E-state index in [1.54, 1.807) is 6.20 Å². The molecule has 3 aromatic carbocycles. The molecule has 0 bridgehead atoms. The molecule has 0 radical (unpaired) electrons. The first-order chi connectivity index (χ1) is 17.3. The highest BCUT2D eigenvalue weighted by Gasteiger charge is 2.18. The van der Waals surface area contributed by atoms with Crippen molar-refractivity contribution in [2.75, 3.05) is 5.32 Å². The van der Waals surface area contributed by atoms with Crippen molar-refractivity contribution in [2.24, 2.45) is 0 Å². The molecule has 5 nitrogen and oxygen atoms in total. The third-order valence-electron chi connectivity index (χ3n) is 5.64. The second-order valence-corrected chi connectivity index (χ2v) is 8.55. The Morgan fingerprint density at radius 1 is 0.800 bits per heavy atom. The van der Waals surface area contributed by atoms with Gasteiger partial charge in [-0.15, -0.1) is 0 Å². The first kappa shape index (κ1) is 22.5. The minimum Gasteiger partial charge on any atom is -0.340 e. The predicted molar refractivity (Wildman–Crippen MR) is 145 cm³/mol. The number of anilines is 1. The molecule has 35 heavy (non-hydrogen) atoms. The smallest absolute Gasteiger partial charge is 0.174 e. The molecule has 0 unspecified atom stereocenters. The van der Waals surface area contributed by atoms with Crippen molar-refractivity contribution in [2.45, 2.75) is 13.1 Å². The lowest BCUT2D eigenvalue weighted by Crippen LogP contribution is -2.33. The van der Waals surface area contributed by atoms with Gasteiger partial charge in [-0.25, -0.2) is 4.68 Å². The molecule has 0 aliphatic heterocycles. The van der Waals surface area contributed by atoms with Crippen molar-refractivity contribution < 1.29 is 0 Å². The van der Waals surface area contributed by atoms with Crippen LogP contribution in [0.4, 0.5) is 5.69 Å². The van der Waals surface area contributed by atoms with Gasteiger partial charge in [0.1, 0.15) is 0 Å². The van der Waals surface area contributed by atoms with Crippen LogP contribution in [0.1, 0.15) is 11.1 Å². The van der Waals surface area contributed by atoms with E-state index >= 15 is 0 Å². The SMILES string of the molecule is S=C(Nc1ccccc1)N(Cc1ccccc1)Cc1cn(-c2ccccc2)nc1-c1cccnc1. The normalized spacial score (nSPS) is 10.6. The van der Waals surface area contributed by atoms with Crippen LogP contribution in [0.25, 0.3) is 16.9 Å². The summed E-state index contributed by atoms with van der Waals surface area (Å²) in [6, 6.07) is 34.5. The summed E-state index contributed by atoms with van der Waals surface area (Å²) < 4.78 is 1.92. The Morgan fingerprint density at radius 2 is 1.49 bits per heavy atom. The van der Waals surface area contributed by atoms with Crippen LogP contribution in [0.2, 0.25) is 0 Å². The van der Waals surface area contributed by atoms with Crippen LogP contribution in [0.3, 0.4) is 0 Å². The predicted octanol–water partition coefficient (Wildman–Crippen LogP) is 6.33. The zero-order valence-corrected chi connectivity index (χ0v) is 20.0. The fourth-order valence-corrected chi connectivity index (χ4v) is 4.16. The largest absolute Gasteiger partial charge is 0.340 e. The van der Waals surface area contributed by atoms with Gasteiger partial charge in [-0.1, -0.05) is 66.7 Å². The lowest BCUT2D eigenvalue weighted by Gasteiger charge is -2.26. The van der Waals surface area contributed by atoms with Gasteiger partial charge in [0, 0.05) is 48.5 Å². The van der Waals surface area contributed by atoms with E-state index in [1.807, 2.05) is 89.7 Å². The number of benzene rings is 3. The van der Waals surface area contributed by atoms with Crippen molar-refractivity contribution in [3.05, 3.63) is 133 Å². The van der Waals surface area contributed by atoms with Crippen LogP contribution in [0.15, 0.2) is 122 Å². The van der Waals surface area contributed by atoms with E-state index in [2.05, 4.69) is 45.7 Å². The van der Waals surface area contributed by atoms with Crippen LogP contribution in [0.5, 0.6) is 0 Å². The van der Waals surface area contributed by atoms with E-state index in [1.165, 1.54) is 5.56 Å². The lowest BCUT2D eigenvalue weighted by atomic mass is 10.1. The Morgan fingerprint density at radius 3 is 2.17 bits per heavy atom. The van der Waals surface area contributed by atoms with Gasteiger partial charge in [0.2, 0.25) is 0 Å². The minimum absolute atomic E-state index is 0.588. The molecule has 1 N–H and O–H groups in total. The Balaban J connectivity index is 1.51. The fourth-order valence-electron chi connectivity index (χ4n) is 3.92. The first-order valence-electron chi connectivity index (χ1n) is 11.5. The summed E-state index contributed by atoms with van der Waals surface area (Å²) in [5.41, 5.74) is 6.07. The topological polar surface area (TPSA) is 46.0 Å². The first-order valence-corrected chi connectivity index (χ1v) is 11.9. The average Bonchev–Trinajstić information content (AvgIpc) is 3.34. The molecular weight excluding hydrogens is 450 g/mol. The van der Waals surface area contributed by atoms with Crippen LogP contribution in [-0.2, 0) is 13.1 Å². The average molecular weight is 476 g/mol. The molecule has 172 valence electrons. The maximum Gasteiger partial charge on any atom is 0.174 e. The third-order valence-corrected chi connectivity index (χ3v) is 6.00. The fraction of sp³-hybridized carbons (Fsp3) is 0.0690. The third kappa shape index (κ3) is 5.62. The van der Waals surface area contributed by atoms with Crippen molar-refractivity contribution in [1.29, 1.82) is 0 Å². The molecule has 0 aliphatic rings. The van der Waals surface area contributed by atoms with Crippen molar-refractivity contribution >= 4 is 23.0 Å². The number of hydrogen-bond acceptors (Lipinski definition) is 3. The Kier molecular flexibility index (Phi) is 6.92. The summed E-state index contributed by atoms with van der Waals surface area (Å²) in [5, 5.41) is 9.00. The van der Waals surface area contributed by atoms with Gasteiger partial charge in [0.15, 0.2) is 5.11 Å². The molecule has 2 heterocycles. The maximum absolute atomic E-state index is 5.89. The molecule has 5 aromatic rings. The summed E-state index contributed by atoms with van der Waals surface area (Å²) in [6.07, 6.45) is 5.71. The molecule has 0 atom stereocenters. The highest BCUT2D eigenvalue weighted by molar-refractivity contribution is 7.80. The molecule has 0 amide bonds. The Bertz CT molecular complexity index is 1370. The number of nitrogens with one attached hydrogen (secondary N) is 1. The molecule has 6 heteroatoms. The highest BCUT2D eigenvalue weighted by Crippen LogP contribution is 2.25. The van der Waals surface area contributed by atoms with Crippen LogP contribution in [0, 0.1) is 0 Å². The Labute approximate surface area is 210 Å². The van der Waals surface area contributed by atoms with E-state index in [0.717, 1.165) is 28.2 Å².